The van der Waals surface area contributed by atoms with Gasteiger partial charge in [-0.3, -0.25) is 0 Å². The molecule has 2 N–H and O–H groups in total. The van der Waals surface area contributed by atoms with Crippen molar-refractivity contribution in [2.75, 3.05) is 12.4 Å². The largest absolute Gasteiger partial charge is 0.481 e. The van der Waals surface area contributed by atoms with E-state index in [1.54, 1.807) is 6.92 Å². The molecule has 0 saturated heterocycles. The summed E-state index contributed by atoms with van der Waals surface area (Å²) in [6.07, 6.45) is 0. The van der Waals surface area contributed by atoms with Crippen molar-refractivity contribution in [1.29, 1.82) is 0 Å². The minimum Gasteiger partial charge on any atom is -0.481 e. The number of carbonyl (C=O) groups is 1. The van der Waals surface area contributed by atoms with Gasteiger partial charge >= 0.3 is 5.97 Å². The lowest BCUT2D eigenvalue weighted by Gasteiger charge is -2.09. The molecule has 1 aromatic heterocycles. The number of aromatic carboxylic acids is 1. The Morgan fingerprint density at radius 3 is 2.70 bits per heavy atom. The van der Waals surface area contributed by atoms with E-state index in [1.807, 2.05) is 0 Å². The number of hydrogen-bond donors (Lipinski definition) is 2. The van der Waals surface area contributed by atoms with Crippen LogP contribution in [-0.2, 0) is 0 Å². The van der Waals surface area contributed by atoms with Crippen LogP contribution in [0.3, 0.4) is 0 Å². The molecule has 0 atom stereocenters. The van der Waals surface area contributed by atoms with Crippen LogP contribution in [0.2, 0.25) is 0 Å². The van der Waals surface area contributed by atoms with Gasteiger partial charge in [0.1, 0.15) is 17.5 Å². The molecule has 104 valence electrons. The van der Waals surface area contributed by atoms with Crippen molar-refractivity contribution in [1.82, 2.24) is 9.97 Å². The number of rotatable bonds is 4. The van der Waals surface area contributed by atoms with Gasteiger partial charge in [0.05, 0.1) is 18.4 Å². The Balaban J connectivity index is 2.30. The van der Waals surface area contributed by atoms with Crippen molar-refractivity contribution in [2.45, 2.75) is 6.92 Å². The molecule has 20 heavy (non-hydrogen) atoms. The number of aryl methyl sites for hydroxylation is 1. The summed E-state index contributed by atoms with van der Waals surface area (Å²) < 4.78 is 18.8. The van der Waals surface area contributed by atoms with Crippen molar-refractivity contribution >= 4 is 17.5 Å². The highest BCUT2D eigenvalue weighted by Gasteiger charge is 2.10. The first kappa shape index (κ1) is 13.7. The second-order valence-corrected chi connectivity index (χ2v) is 3.97. The Kier molecular flexibility index (Phi) is 3.79. The third kappa shape index (κ3) is 3.00. The molecule has 0 spiro atoms. The first-order valence-corrected chi connectivity index (χ1v) is 5.69. The van der Waals surface area contributed by atoms with Crippen LogP contribution in [0, 0.1) is 12.7 Å². The van der Waals surface area contributed by atoms with Crippen molar-refractivity contribution in [3.8, 4) is 5.88 Å². The number of anilines is 2. The minimum atomic E-state index is -1.19. The van der Waals surface area contributed by atoms with E-state index < -0.39 is 11.8 Å². The maximum absolute atomic E-state index is 13.8. The smallest absolute Gasteiger partial charge is 0.335 e. The Labute approximate surface area is 114 Å². The van der Waals surface area contributed by atoms with E-state index in [9.17, 15) is 9.18 Å². The average molecular weight is 277 g/mol. The zero-order valence-electron chi connectivity index (χ0n) is 10.8. The molecule has 1 aromatic carbocycles. The molecule has 0 amide bonds. The maximum Gasteiger partial charge on any atom is 0.335 e. The Morgan fingerprint density at radius 1 is 1.35 bits per heavy atom. The topological polar surface area (TPSA) is 84.3 Å². The summed E-state index contributed by atoms with van der Waals surface area (Å²) in [6, 6.07) is 5.09. The van der Waals surface area contributed by atoms with E-state index in [1.165, 1.54) is 25.3 Å². The molecule has 0 saturated carbocycles. The number of benzene rings is 1. The van der Waals surface area contributed by atoms with Gasteiger partial charge in [-0.1, -0.05) is 0 Å². The van der Waals surface area contributed by atoms with Crippen LogP contribution in [-0.4, -0.2) is 28.2 Å². The zero-order chi connectivity index (χ0) is 14.7. The highest BCUT2D eigenvalue weighted by atomic mass is 19.1. The van der Waals surface area contributed by atoms with Crippen LogP contribution in [0.4, 0.5) is 15.9 Å². The normalized spacial score (nSPS) is 10.2. The Hall–Kier alpha value is -2.70. The second-order valence-electron chi connectivity index (χ2n) is 3.97. The number of nitrogens with one attached hydrogen (secondary N) is 1. The van der Waals surface area contributed by atoms with Gasteiger partial charge in [-0.15, -0.1) is 0 Å². The van der Waals surface area contributed by atoms with Crippen LogP contribution in [0.25, 0.3) is 0 Å². The zero-order valence-corrected chi connectivity index (χ0v) is 10.8. The summed E-state index contributed by atoms with van der Waals surface area (Å²) in [6.45, 7) is 1.68. The van der Waals surface area contributed by atoms with Crippen LogP contribution in [0.1, 0.15) is 16.2 Å². The highest BCUT2D eigenvalue weighted by Crippen LogP contribution is 2.22. The van der Waals surface area contributed by atoms with E-state index in [4.69, 9.17) is 9.84 Å². The van der Waals surface area contributed by atoms with E-state index >= 15 is 0 Å². The van der Waals surface area contributed by atoms with Gasteiger partial charge in [-0.2, -0.15) is 4.98 Å². The van der Waals surface area contributed by atoms with Crippen molar-refractivity contribution < 1.29 is 19.0 Å². The summed E-state index contributed by atoms with van der Waals surface area (Å²) in [5.74, 6) is -0.691. The molecular formula is C13H12FN3O3. The lowest BCUT2D eigenvalue weighted by molar-refractivity contribution is 0.0696. The van der Waals surface area contributed by atoms with E-state index in [0.717, 1.165) is 6.07 Å². The number of carboxylic acid groups (broad SMARTS) is 1. The monoisotopic (exact) mass is 277 g/mol. The molecular weight excluding hydrogens is 265 g/mol. The first-order valence-electron chi connectivity index (χ1n) is 5.69. The molecule has 6 nitrogen and oxygen atoms in total. The Bertz CT molecular complexity index is 661. The third-order valence-corrected chi connectivity index (χ3v) is 2.50. The minimum absolute atomic E-state index is 0.121. The summed E-state index contributed by atoms with van der Waals surface area (Å²) in [5, 5.41) is 11.5. The molecule has 7 heteroatoms. The number of aromatic nitrogens is 2. The van der Waals surface area contributed by atoms with Gasteiger partial charge in [0.2, 0.25) is 5.88 Å². The second kappa shape index (κ2) is 5.52. The summed E-state index contributed by atoms with van der Waals surface area (Å²) in [7, 11) is 1.47. The molecule has 0 bridgehead atoms. The lowest BCUT2D eigenvalue weighted by atomic mass is 10.2. The highest BCUT2D eigenvalue weighted by molar-refractivity contribution is 5.88. The number of ether oxygens (including phenoxy) is 1. The molecule has 0 fully saturated rings. The van der Waals surface area contributed by atoms with E-state index in [2.05, 4.69) is 15.3 Å². The van der Waals surface area contributed by atoms with Crippen molar-refractivity contribution in [3.05, 3.63) is 41.5 Å². The molecule has 0 aliphatic rings. The predicted octanol–water partition coefficient (Wildman–Crippen LogP) is 2.37. The number of nitrogens with zero attached hydrogens (tertiary/aromatic N) is 2. The standard InChI is InChI=1S/C13H12FN3O3/c1-7-15-11(6-12(16-7)20-2)17-10-4-3-8(13(18)19)5-9(10)14/h3-6H,1-2H3,(H,18,19)(H,15,16,17). The van der Waals surface area contributed by atoms with Gasteiger partial charge in [-0.05, 0) is 25.1 Å². The van der Waals surface area contributed by atoms with Crippen molar-refractivity contribution in [3.63, 3.8) is 0 Å². The number of halogens is 1. The SMILES string of the molecule is COc1cc(Nc2ccc(C(=O)O)cc2F)nc(C)n1. The van der Waals surface area contributed by atoms with Crippen LogP contribution < -0.4 is 10.1 Å². The maximum atomic E-state index is 13.8. The molecule has 0 unspecified atom stereocenters. The van der Waals surface area contributed by atoms with E-state index in [-0.39, 0.29) is 11.3 Å². The van der Waals surface area contributed by atoms with Gasteiger partial charge in [-0.25, -0.2) is 14.2 Å². The fraction of sp³-hybridized carbons (Fsp3) is 0.154. The lowest BCUT2D eigenvalue weighted by Crippen LogP contribution is -2.02. The molecule has 2 rings (SSSR count). The van der Waals surface area contributed by atoms with Crippen LogP contribution in [0.15, 0.2) is 24.3 Å². The number of carboxylic acids is 1. The van der Waals surface area contributed by atoms with Crippen LogP contribution >= 0.6 is 0 Å². The molecule has 1 heterocycles. The number of hydrogen-bond acceptors (Lipinski definition) is 5. The number of methoxy groups -OCH3 is 1. The molecule has 2 aromatic rings. The third-order valence-electron chi connectivity index (χ3n) is 2.50. The van der Waals surface area contributed by atoms with Crippen LogP contribution in [0.5, 0.6) is 5.88 Å². The average Bonchev–Trinajstić information content (AvgIpc) is 2.40. The quantitative estimate of drug-likeness (QED) is 0.892. The summed E-state index contributed by atoms with van der Waals surface area (Å²) in [4.78, 5) is 18.8. The molecule has 0 radical (unpaired) electrons. The Morgan fingerprint density at radius 2 is 2.10 bits per heavy atom. The summed E-state index contributed by atoms with van der Waals surface area (Å²) >= 11 is 0. The first-order chi connectivity index (χ1) is 9.49. The molecule has 0 aliphatic heterocycles. The van der Waals surface area contributed by atoms with Crippen molar-refractivity contribution in [2.24, 2.45) is 0 Å². The van der Waals surface area contributed by atoms with E-state index in [0.29, 0.717) is 17.5 Å². The fourth-order valence-corrected chi connectivity index (χ4v) is 1.60. The van der Waals surface area contributed by atoms with Gasteiger partial charge < -0.3 is 15.2 Å². The molecule has 0 aliphatic carbocycles. The summed E-state index contributed by atoms with van der Waals surface area (Å²) in [5.41, 5.74) is -0.000322. The predicted molar refractivity (Wildman–Crippen MR) is 70.0 cm³/mol. The van der Waals surface area contributed by atoms with Gasteiger partial charge in [0, 0.05) is 6.07 Å². The van der Waals surface area contributed by atoms with Gasteiger partial charge in [0.25, 0.3) is 0 Å². The van der Waals surface area contributed by atoms with Gasteiger partial charge in [0.15, 0.2) is 0 Å². The fourth-order valence-electron chi connectivity index (χ4n) is 1.60.